The molecule has 1 aliphatic rings. The quantitative estimate of drug-likeness (QED) is 0.848. The summed E-state index contributed by atoms with van der Waals surface area (Å²) < 4.78 is 0.829. The van der Waals surface area contributed by atoms with Gasteiger partial charge in [-0.25, -0.2) is 9.97 Å². The van der Waals surface area contributed by atoms with Crippen LogP contribution in [0.15, 0.2) is 10.7 Å². The predicted molar refractivity (Wildman–Crippen MR) is 73.2 cm³/mol. The highest BCUT2D eigenvalue weighted by Crippen LogP contribution is 2.26. The number of hydrogen-bond acceptors (Lipinski definition) is 4. The molecule has 0 saturated heterocycles. The smallest absolute Gasteiger partial charge is 0.130 e. The van der Waals surface area contributed by atoms with E-state index in [9.17, 15) is 0 Å². The minimum Gasteiger partial charge on any atom is -0.368 e. The van der Waals surface area contributed by atoms with E-state index < -0.39 is 0 Å². The lowest BCUT2D eigenvalue weighted by molar-refractivity contribution is 0.257. The number of rotatable bonds is 5. The lowest BCUT2D eigenvalue weighted by Gasteiger charge is -2.24. The predicted octanol–water partition coefficient (Wildman–Crippen LogP) is 2.44. The van der Waals surface area contributed by atoms with Crippen LogP contribution in [0, 0.1) is 6.92 Å². The van der Waals surface area contributed by atoms with Crippen LogP contribution in [-0.4, -0.2) is 40.5 Å². The average Bonchev–Trinajstić information content (AvgIpc) is 3.07. The minimum atomic E-state index is 0.525. The summed E-state index contributed by atoms with van der Waals surface area (Å²) in [4.78, 5) is 11.0. The zero-order valence-electron chi connectivity index (χ0n) is 10.6. The van der Waals surface area contributed by atoms with E-state index in [4.69, 9.17) is 0 Å². The third-order valence-corrected chi connectivity index (χ3v) is 3.61. The highest BCUT2D eigenvalue weighted by atomic mass is 79.9. The summed E-state index contributed by atoms with van der Waals surface area (Å²) in [6.45, 7) is 5.06. The van der Waals surface area contributed by atoms with Crippen molar-refractivity contribution in [3.8, 4) is 0 Å². The Kier molecular flexibility index (Phi) is 3.99. The Labute approximate surface area is 111 Å². The maximum Gasteiger partial charge on any atom is 0.130 e. The first-order valence-corrected chi connectivity index (χ1v) is 6.82. The second kappa shape index (κ2) is 5.31. The molecule has 1 unspecified atom stereocenters. The van der Waals surface area contributed by atoms with Crippen molar-refractivity contribution >= 4 is 21.7 Å². The van der Waals surface area contributed by atoms with Crippen molar-refractivity contribution in [2.75, 3.05) is 18.9 Å². The third kappa shape index (κ3) is 3.64. The van der Waals surface area contributed by atoms with Crippen LogP contribution in [0.5, 0.6) is 0 Å². The van der Waals surface area contributed by atoms with Crippen LogP contribution in [0.25, 0.3) is 0 Å². The summed E-state index contributed by atoms with van der Waals surface area (Å²) in [6, 6.07) is 3.24. The van der Waals surface area contributed by atoms with Gasteiger partial charge < -0.3 is 5.32 Å². The Bertz CT molecular complexity index is 372. The van der Waals surface area contributed by atoms with Gasteiger partial charge in [0.15, 0.2) is 0 Å². The van der Waals surface area contributed by atoms with Crippen LogP contribution < -0.4 is 5.32 Å². The van der Waals surface area contributed by atoms with Crippen molar-refractivity contribution in [3.63, 3.8) is 0 Å². The molecule has 0 aromatic carbocycles. The fourth-order valence-corrected chi connectivity index (χ4v) is 2.33. The molecule has 1 aliphatic carbocycles. The molecular formula is C12H19BrN4. The Morgan fingerprint density at radius 3 is 2.82 bits per heavy atom. The molecule has 0 spiro atoms. The summed E-state index contributed by atoms with van der Waals surface area (Å²) in [7, 11) is 2.20. The van der Waals surface area contributed by atoms with Crippen LogP contribution in [0.4, 0.5) is 5.82 Å². The van der Waals surface area contributed by atoms with Gasteiger partial charge in [-0.1, -0.05) is 0 Å². The molecule has 2 rings (SSSR count). The van der Waals surface area contributed by atoms with Crippen LogP contribution in [0.3, 0.4) is 0 Å². The van der Waals surface area contributed by atoms with E-state index in [1.165, 1.54) is 12.8 Å². The standard InChI is InChI=1S/C12H19BrN4/c1-8(17(3)10-4-5-10)7-14-12-6-11(13)15-9(2)16-12/h6,8,10H,4-5,7H2,1-3H3,(H,14,15,16). The average molecular weight is 299 g/mol. The number of likely N-dealkylation sites (N-methyl/N-ethyl adjacent to an activating group) is 1. The molecule has 4 nitrogen and oxygen atoms in total. The molecular weight excluding hydrogens is 280 g/mol. The first kappa shape index (κ1) is 12.8. The molecule has 1 N–H and O–H groups in total. The summed E-state index contributed by atoms with van der Waals surface area (Å²) in [5.74, 6) is 1.67. The van der Waals surface area contributed by atoms with Gasteiger partial charge in [0.25, 0.3) is 0 Å². The van der Waals surface area contributed by atoms with E-state index in [-0.39, 0.29) is 0 Å². The fraction of sp³-hybridized carbons (Fsp3) is 0.667. The first-order chi connectivity index (χ1) is 8.06. The molecule has 1 saturated carbocycles. The van der Waals surface area contributed by atoms with Gasteiger partial charge >= 0.3 is 0 Å². The summed E-state index contributed by atoms with van der Waals surface area (Å²) in [5.41, 5.74) is 0. The Balaban J connectivity index is 1.88. The van der Waals surface area contributed by atoms with E-state index in [2.05, 4.69) is 50.1 Å². The number of halogens is 1. The van der Waals surface area contributed by atoms with Crippen LogP contribution in [-0.2, 0) is 0 Å². The van der Waals surface area contributed by atoms with Crippen molar-refractivity contribution < 1.29 is 0 Å². The lowest BCUT2D eigenvalue weighted by atomic mass is 10.3. The van der Waals surface area contributed by atoms with E-state index in [0.29, 0.717) is 6.04 Å². The molecule has 0 radical (unpaired) electrons. The van der Waals surface area contributed by atoms with Gasteiger partial charge in [0.2, 0.25) is 0 Å². The van der Waals surface area contributed by atoms with E-state index in [1.807, 2.05) is 13.0 Å². The Morgan fingerprint density at radius 1 is 1.53 bits per heavy atom. The van der Waals surface area contributed by atoms with E-state index in [1.54, 1.807) is 0 Å². The van der Waals surface area contributed by atoms with Crippen LogP contribution in [0.1, 0.15) is 25.6 Å². The highest BCUT2D eigenvalue weighted by molar-refractivity contribution is 9.10. The number of aryl methyl sites for hydroxylation is 1. The molecule has 0 aliphatic heterocycles. The van der Waals surface area contributed by atoms with Gasteiger partial charge in [0, 0.05) is 24.7 Å². The molecule has 0 bridgehead atoms. The molecule has 1 aromatic heterocycles. The van der Waals surface area contributed by atoms with Gasteiger partial charge in [-0.15, -0.1) is 0 Å². The maximum atomic E-state index is 4.36. The molecule has 5 heteroatoms. The largest absolute Gasteiger partial charge is 0.368 e. The molecule has 1 heterocycles. The maximum absolute atomic E-state index is 4.36. The molecule has 94 valence electrons. The van der Waals surface area contributed by atoms with Gasteiger partial charge in [-0.2, -0.15) is 0 Å². The van der Waals surface area contributed by atoms with Gasteiger partial charge in [-0.05, 0) is 49.7 Å². The molecule has 1 atom stereocenters. The first-order valence-electron chi connectivity index (χ1n) is 6.03. The minimum absolute atomic E-state index is 0.525. The summed E-state index contributed by atoms with van der Waals surface area (Å²) in [5, 5.41) is 3.37. The zero-order chi connectivity index (χ0) is 12.4. The van der Waals surface area contributed by atoms with Crippen molar-refractivity contribution in [1.29, 1.82) is 0 Å². The Morgan fingerprint density at radius 2 is 2.24 bits per heavy atom. The zero-order valence-corrected chi connectivity index (χ0v) is 12.2. The second-order valence-corrected chi connectivity index (χ2v) is 5.56. The van der Waals surface area contributed by atoms with E-state index in [0.717, 1.165) is 28.8 Å². The number of nitrogens with one attached hydrogen (secondary N) is 1. The number of nitrogens with zero attached hydrogens (tertiary/aromatic N) is 3. The summed E-state index contributed by atoms with van der Waals surface area (Å²) in [6.07, 6.45) is 2.69. The molecule has 1 fully saturated rings. The number of aromatic nitrogens is 2. The second-order valence-electron chi connectivity index (χ2n) is 4.75. The monoisotopic (exact) mass is 298 g/mol. The van der Waals surface area contributed by atoms with E-state index >= 15 is 0 Å². The normalized spacial score (nSPS) is 17.2. The number of anilines is 1. The molecule has 17 heavy (non-hydrogen) atoms. The van der Waals surface area contributed by atoms with Crippen molar-refractivity contribution in [2.45, 2.75) is 38.8 Å². The molecule has 1 aromatic rings. The van der Waals surface area contributed by atoms with Crippen molar-refractivity contribution in [3.05, 3.63) is 16.5 Å². The highest BCUT2D eigenvalue weighted by Gasteiger charge is 2.28. The van der Waals surface area contributed by atoms with Gasteiger partial charge in [0.05, 0.1) is 0 Å². The van der Waals surface area contributed by atoms with Crippen molar-refractivity contribution in [1.82, 2.24) is 14.9 Å². The van der Waals surface area contributed by atoms with Gasteiger partial charge in [0.1, 0.15) is 16.2 Å². The van der Waals surface area contributed by atoms with Crippen molar-refractivity contribution in [2.24, 2.45) is 0 Å². The van der Waals surface area contributed by atoms with Crippen LogP contribution >= 0.6 is 15.9 Å². The fourth-order valence-electron chi connectivity index (χ4n) is 1.86. The SMILES string of the molecule is Cc1nc(Br)cc(NCC(C)N(C)C2CC2)n1. The topological polar surface area (TPSA) is 41.1 Å². The lowest BCUT2D eigenvalue weighted by Crippen LogP contribution is -2.36. The van der Waals surface area contributed by atoms with Gasteiger partial charge in [-0.3, -0.25) is 4.90 Å². The number of hydrogen-bond donors (Lipinski definition) is 1. The Hall–Kier alpha value is -0.680. The third-order valence-electron chi connectivity index (χ3n) is 3.20. The summed E-state index contributed by atoms with van der Waals surface area (Å²) >= 11 is 3.38. The van der Waals surface area contributed by atoms with Crippen LogP contribution in [0.2, 0.25) is 0 Å². The molecule has 0 amide bonds.